The van der Waals surface area contributed by atoms with Gasteiger partial charge in [0.25, 0.3) is 0 Å². The molecule has 3 heterocycles. The minimum atomic E-state index is -0.0696. The van der Waals surface area contributed by atoms with E-state index in [0.717, 1.165) is 28.7 Å². The fourth-order valence-corrected chi connectivity index (χ4v) is 4.96. The van der Waals surface area contributed by atoms with Crippen LogP contribution in [0.5, 0.6) is 11.5 Å². The smallest absolute Gasteiger partial charge is 0.226 e. The highest BCUT2D eigenvalue weighted by atomic mass is 32.1. The molecule has 0 saturated carbocycles. The number of ether oxygens (including phenoxy) is 2. The Labute approximate surface area is 157 Å². The Morgan fingerprint density at radius 2 is 2.00 bits per heavy atom. The highest BCUT2D eigenvalue weighted by Crippen LogP contribution is 2.47. The number of fused-ring (bicyclic) bond motifs is 1. The van der Waals surface area contributed by atoms with E-state index in [2.05, 4.69) is 10.2 Å². The van der Waals surface area contributed by atoms with Crippen molar-refractivity contribution in [2.45, 2.75) is 31.6 Å². The van der Waals surface area contributed by atoms with Crippen molar-refractivity contribution in [2.75, 3.05) is 37.5 Å². The molecule has 1 amide bonds. The average Bonchev–Trinajstić information content (AvgIpc) is 3.11. The quantitative estimate of drug-likeness (QED) is 0.887. The Hall–Kier alpha value is -2.28. The molecule has 1 atom stereocenters. The molecule has 1 aromatic heterocycles. The number of aromatic nitrogens is 1. The van der Waals surface area contributed by atoms with Crippen LogP contribution in [0.25, 0.3) is 0 Å². The molecule has 2 aromatic rings. The predicted octanol–water partition coefficient (Wildman–Crippen LogP) is 3.62. The number of hydrogen-bond donors (Lipinski definition) is 1. The van der Waals surface area contributed by atoms with Gasteiger partial charge in [-0.3, -0.25) is 4.79 Å². The Kier molecular flexibility index (Phi) is 4.72. The van der Waals surface area contributed by atoms with E-state index in [1.807, 2.05) is 18.2 Å². The van der Waals surface area contributed by atoms with Crippen molar-refractivity contribution >= 4 is 28.2 Å². The third-order valence-corrected chi connectivity index (χ3v) is 6.27. The third-order valence-electron chi connectivity index (χ3n) is 5.04. The highest BCUT2D eigenvalue weighted by Gasteiger charge is 2.33. The van der Waals surface area contributed by atoms with Gasteiger partial charge in [0.2, 0.25) is 5.91 Å². The fourth-order valence-electron chi connectivity index (χ4n) is 3.77. The maximum atomic E-state index is 12.3. The normalized spacial score (nSPS) is 19.7. The first-order chi connectivity index (χ1) is 12.7. The van der Waals surface area contributed by atoms with Gasteiger partial charge >= 0.3 is 0 Å². The van der Waals surface area contributed by atoms with Crippen LogP contribution < -0.4 is 19.7 Å². The maximum Gasteiger partial charge on any atom is 0.226 e. The number of carbonyl (C=O) groups excluding carboxylic acids is 1. The van der Waals surface area contributed by atoms with Crippen molar-refractivity contribution in [2.24, 2.45) is 0 Å². The minimum Gasteiger partial charge on any atom is -0.493 e. The van der Waals surface area contributed by atoms with Crippen LogP contribution in [-0.4, -0.2) is 38.2 Å². The van der Waals surface area contributed by atoms with Crippen LogP contribution >= 0.6 is 11.3 Å². The molecule has 0 radical (unpaired) electrons. The highest BCUT2D eigenvalue weighted by molar-refractivity contribution is 7.16. The monoisotopic (exact) mass is 373 g/mol. The summed E-state index contributed by atoms with van der Waals surface area (Å²) in [6.45, 7) is 2.07. The molecule has 2 aliphatic heterocycles. The van der Waals surface area contributed by atoms with E-state index in [1.165, 1.54) is 19.3 Å². The summed E-state index contributed by atoms with van der Waals surface area (Å²) in [7, 11) is 3.26. The first-order valence-electron chi connectivity index (χ1n) is 8.97. The summed E-state index contributed by atoms with van der Waals surface area (Å²) in [5, 5.41) is 3.95. The van der Waals surface area contributed by atoms with Crippen LogP contribution in [-0.2, 0) is 4.79 Å². The van der Waals surface area contributed by atoms with Gasteiger partial charge < -0.3 is 19.7 Å². The number of nitrogens with one attached hydrogen (secondary N) is 1. The summed E-state index contributed by atoms with van der Waals surface area (Å²) in [5.74, 6) is 1.98. The molecule has 1 saturated heterocycles. The van der Waals surface area contributed by atoms with Crippen LogP contribution in [0, 0.1) is 0 Å². The number of piperidine rings is 1. The Bertz CT molecular complexity index is 814. The van der Waals surface area contributed by atoms with Crippen LogP contribution in [0.15, 0.2) is 18.2 Å². The van der Waals surface area contributed by atoms with E-state index in [1.54, 1.807) is 25.6 Å². The zero-order valence-corrected chi connectivity index (χ0v) is 15.9. The largest absolute Gasteiger partial charge is 0.493 e. The summed E-state index contributed by atoms with van der Waals surface area (Å²) in [4.78, 5) is 20.5. The molecule has 0 spiro atoms. The summed E-state index contributed by atoms with van der Waals surface area (Å²) in [5.41, 5.74) is 0.969. The summed E-state index contributed by atoms with van der Waals surface area (Å²) >= 11 is 1.68. The van der Waals surface area contributed by atoms with Crippen LogP contribution in [0.2, 0.25) is 0 Å². The second kappa shape index (κ2) is 7.15. The SMILES string of the molecule is COc1cccc([C@H]2CC(=O)Nc3nc(N4CCCCC4)sc32)c1OC. The van der Waals surface area contributed by atoms with Gasteiger partial charge in [0, 0.05) is 31.0 Å². The van der Waals surface area contributed by atoms with Gasteiger partial charge in [-0.05, 0) is 25.3 Å². The van der Waals surface area contributed by atoms with E-state index < -0.39 is 0 Å². The first kappa shape index (κ1) is 17.1. The molecular weight excluding hydrogens is 350 g/mol. The number of para-hydroxylation sites is 1. The van der Waals surface area contributed by atoms with Crippen molar-refractivity contribution in [1.82, 2.24) is 4.98 Å². The molecular formula is C19H23N3O3S. The molecule has 0 unspecified atom stereocenters. The van der Waals surface area contributed by atoms with Gasteiger partial charge in [-0.15, -0.1) is 0 Å². The number of thiazole rings is 1. The van der Waals surface area contributed by atoms with Crippen LogP contribution in [0.3, 0.4) is 0 Å². The number of hydrogen-bond acceptors (Lipinski definition) is 6. The number of benzene rings is 1. The molecule has 0 bridgehead atoms. The zero-order valence-electron chi connectivity index (χ0n) is 15.1. The lowest BCUT2D eigenvalue weighted by Crippen LogP contribution is -2.29. The maximum absolute atomic E-state index is 12.3. The summed E-state index contributed by atoms with van der Waals surface area (Å²) in [6, 6.07) is 5.82. The summed E-state index contributed by atoms with van der Waals surface area (Å²) in [6.07, 6.45) is 4.06. The molecule has 1 fully saturated rings. The van der Waals surface area contributed by atoms with Gasteiger partial charge in [-0.25, -0.2) is 4.98 Å². The molecule has 6 nitrogen and oxygen atoms in total. The Morgan fingerprint density at radius 1 is 1.19 bits per heavy atom. The van der Waals surface area contributed by atoms with Crippen molar-refractivity contribution in [1.29, 1.82) is 0 Å². The zero-order chi connectivity index (χ0) is 18.1. The second-order valence-corrected chi connectivity index (χ2v) is 7.65. The second-order valence-electron chi connectivity index (χ2n) is 6.64. The van der Waals surface area contributed by atoms with Gasteiger partial charge in [0.1, 0.15) is 5.82 Å². The van der Waals surface area contributed by atoms with Crippen LogP contribution in [0.4, 0.5) is 10.9 Å². The number of nitrogens with zero attached hydrogens (tertiary/aromatic N) is 2. The Morgan fingerprint density at radius 3 is 2.73 bits per heavy atom. The minimum absolute atomic E-state index is 0.0112. The van der Waals surface area contributed by atoms with Gasteiger partial charge in [0.15, 0.2) is 16.6 Å². The first-order valence-corrected chi connectivity index (χ1v) is 9.79. The molecule has 7 heteroatoms. The van der Waals surface area contributed by atoms with Gasteiger partial charge in [0.05, 0.1) is 19.1 Å². The molecule has 0 aliphatic carbocycles. The lowest BCUT2D eigenvalue weighted by Gasteiger charge is -2.25. The molecule has 4 rings (SSSR count). The standard InChI is InChI=1S/C19H23N3O3S/c1-24-14-8-6-7-12(16(14)25-2)13-11-15(23)20-18-17(13)26-19(21-18)22-9-4-3-5-10-22/h6-8,13H,3-5,9-11H2,1-2H3,(H,20,23)/t13-/m1/s1. The predicted molar refractivity (Wildman–Crippen MR) is 103 cm³/mol. The number of methoxy groups -OCH3 is 2. The topological polar surface area (TPSA) is 63.7 Å². The lowest BCUT2D eigenvalue weighted by molar-refractivity contribution is -0.116. The van der Waals surface area contributed by atoms with E-state index in [9.17, 15) is 4.79 Å². The van der Waals surface area contributed by atoms with Gasteiger partial charge in [-0.2, -0.15) is 0 Å². The number of anilines is 2. The molecule has 138 valence electrons. The van der Waals surface area contributed by atoms with E-state index in [0.29, 0.717) is 23.7 Å². The number of carbonyl (C=O) groups is 1. The van der Waals surface area contributed by atoms with Crippen molar-refractivity contribution < 1.29 is 14.3 Å². The summed E-state index contributed by atoms with van der Waals surface area (Å²) < 4.78 is 11.0. The van der Waals surface area contributed by atoms with Crippen LogP contribution in [0.1, 0.15) is 42.0 Å². The third kappa shape index (κ3) is 3.00. The van der Waals surface area contributed by atoms with Crippen molar-refractivity contribution in [3.05, 3.63) is 28.6 Å². The molecule has 26 heavy (non-hydrogen) atoms. The van der Waals surface area contributed by atoms with E-state index in [-0.39, 0.29) is 11.8 Å². The van der Waals surface area contributed by atoms with Crippen molar-refractivity contribution in [3.63, 3.8) is 0 Å². The molecule has 1 aromatic carbocycles. The average molecular weight is 373 g/mol. The van der Waals surface area contributed by atoms with E-state index in [4.69, 9.17) is 14.5 Å². The van der Waals surface area contributed by atoms with Crippen molar-refractivity contribution in [3.8, 4) is 11.5 Å². The molecule has 2 aliphatic rings. The fraction of sp³-hybridized carbons (Fsp3) is 0.474. The molecule has 1 N–H and O–H groups in total. The van der Waals surface area contributed by atoms with E-state index >= 15 is 0 Å². The Balaban J connectivity index is 1.75. The van der Waals surface area contributed by atoms with Gasteiger partial charge in [-0.1, -0.05) is 23.5 Å². The lowest BCUT2D eigenvalue weighted by atomic mass is 9.90. The number of amides is 1. The number of rotatable bonds is 4.